The van der Waals surface area contributed by atoms with E-state index in [4.69, 9.17) is 0 Å². The van der Waals surface area contributed by atoms with E-state index in [-0.39, 0.29) is 17.2 Å². The number of nitrogens with zero attached hydrogens (tertiary/aromatic N) is 4. The standard InChI is InChI=1S/C23H22N4O2S/c1-2-15-27-21(28)13-12-19(25-27)22(29)26(16-14-17-8-4-3-5-9-17)23-24-18-10-6-7-11-20(18)30-23/h3-13H,2,14-16H2,1H3. The van der Waals surface area contributed by atoms with Crippen LogP contribution in [0.1, 0.15) is 29.4 Å². The lowest BCUT2D eigenvalue weighted by atomic mass is 10.1. The Bertz CT molecular complexity index is 1180. The molecule has 1 amide bonds. The first-order valence-corrected chi connectivity index (χ1v) is 10.8. The van der Waals surface area contributed by atoms with Crippen LogP contribution in [0.5, 0.6) is 0 Å². The lowest BCUT2D eigenvalue weighted by Crippen LogP contribution is -2.35. The molecule has 4 rings (SSSR count). The molecule has 0 unspecified atom stereocenters. The van der Waals surface area contributed by atoms with Crippen LogP contribution in [0.3, 0.4) is 0 Å². The molecule has 0 aliphatic rings. The van der Waals surface area contributed by atoms with Crippen LogP contribution in [0.15, 0.2) is 71.5 Å². The summed E-state index contributed by atoms with van der Waals surface area (Å²) in [6, 6.07) is 20.8. The van der Waals surface area contributed by atoms with Crippen LogP contribution in [0.2, 0.25) is 0 Å². The molecule has 0 N–H and O–H groups in total. The molecule has 30 heavy (non-hydrogen) atoms. The van der Waals surface area contributed by atoms with Gasteiger partial charge < -0.3 is 0 Å². The third-order valence-electron chi connectivity index (χ3n) is 4.75. The molecular weight excluding hydrogens is 396 g/mol. The second-order valence-corrected chi connectivity index (χ2v) is 7.95. The highest BCUT2D eigenvalue weighted by molar-refractivity contribution is 7.22. The van der Waals surface area contributed by atoms with E-state index in [1.54, 1.807) is 4.90 Å². The van der Waals surface area contributed by atoms with Crippen molar-refractivity contribution < 1.29 is 4.79 Å². The summed E-state index contributed by atoms with van der Waals surface area (Å²) < 4.78 is 2.37. The molecule has 152 valence electrons. The number of hydrogen-bond acceptors (Lipinski definition) is 5. The van der Waals surface area contributed by atoms with Crippen molar-refractivity contribution in [2.24, 2.45) is 0 Å². The molecule has 0 fully saturated rings. The van der Waals surface area contributed by atoms with Crippen LogP contribution < -0.4 is 10.5 Å². The molecule has 0 aliphatic heterocycles. The highest BCUT2D eigenvalue weighted by Crippen LogP contribution is 2.29. The predicted molar refractivity (Wildman–Crippen MR) is 120 cm³/mol. The molecule has 0 spiro atoms. The van der Waals surface area contributed by atoms with E-state index < -0.39 is 0 Å². The molecule has 7 heteroatoms. The van der Waals surface area contributed by atoms with Crippen molar-refractivity contribution >= 4 is 32.6 Å². The van der Waals surface area contributed by atoms with Gasteiger partial charge in [-0.2, -0.15) is 5.10 Å². The Morgan fingerprint density at radius 2 is 1.80 bits per heavy atom. The topological polar surface area (TPSA) is 68.1 Å². The Kier molecular flexibility index (Phi) is 5.99. The first-order chi connectivity index (χ1) is 14.7. The van der Waals surface area contributed by atoms with Gasteiger partial charge in [-0.1, -0.05) is 60.7 Å². The van der Waals surface area contributed by atoms with Crippen molar-refractivity contribution in [1.29, 1.82) is 0 Å². The summed E-state index contributed by atoms with van der Waals surface area (Å²) in [4.78, 5) is 31.8. The molecule has 2 aromatic heterocycles. The Labute approximate surface area is 178 Å². The van der Waals surface area contributed by atoms with Gasteiger partial charge in [0.15, 0.2) is 5.13 Å². The zero-order valence-corrected chi connectivity index (χ0v) is 17.5. The van der Waals surface area contributed by atoms with Crippen molar-refractivity contribution in [1.82, 2.24) is 14.8 Å². The lowest BCUT2D eigenvalue weighted by Gasteiger charge is -2.20. The monoisotopic (exact) mass is 418 g/mol. The van der Waals surface area contributed by atoms with E-state index in [9.17, 15) is 9.59 Å². The van der Waals surface area contributed by atoms with Gasteiger partial charge >= 0.3 is 0 Å². The number of aromatic nitrogens is 3. The molecule has 0 bridgehead atoms. The van der Waals surface area contributed by atoms with E-state index in [2.05, 4.69) is 10.1 Å². The van der Waals surface area contributed by atoms with Gasteiger partial charge in [0.25, 0.3) is 11.5 Å². The van der Waals surface area contributed by atoms with Gasteiger partial charge in [0.05, 0.1) is 10.2 Å². The van der Waals surface area contributed by atoms with E-state index in [1.807, 2.05) is 61.5 Å². The first-order valence-electron chi connectivity index (χ1n) is 9.95. The zero-order chi connectivity index (χ0) is 20.9. The number of rotatable bonds is 7. The molecule has 6 nitrogen and oxygen atoms in total. The minimum absolute atomic E-state index is 0.204. The Morgan fingerprint density at radius 3 is 2.57 bits per heavy atom. The third kappa shape index (κ3) is 4.31. The van der Waals surface area contributed by atoms with Gasteiger partial charge in [-0.05, 0) is 36.6 Å². The molecule has 2 heterocycles. The van der Waals surface area contributed by atoms with Gasteiger partial charge in [-0.15, -0.1) is 0 Å². The number of carbonyl (C=O) groups excluding carboxylic acids is 1. The quantitative estimate of drug-likeness (QED) is 0.452. The Hall–Kier alpha value is -3.32. The number of aryl methyl sites for hydroxylation is 1. The van der Waals surface area contributed by atoms with E-state index >= 15 is 0 Å². The number of amides is 1. The molecule has 0 radical (unpaired) electrons. The van der Waals surface area contributed by atoms with Crippen molar-refractivity contribution in [2.45, 2.75) is 26.3 Å². The summed E-state index contributed by atoms with van der Waals surface area (Å²) in [5.74, 6) is -0.255. The largest absolute Gasteiger partial charge is 0.282 e. The van der Waals surface area contributed by atoms with Crippen LogP contribution in [0.25, 0.3) is 10.2 Å². The third-order valence-corrected chi connectivity index (χ3v) is 5.81. The molecule has 4 aromatic rings. The molecule has 0 saturated carbocycles. The minimum Gasteiger partial charge on any atom is -0.282 e. The fourth-order valence-corrected chi connectivity index (χ4v) is 4.21. The maximum atomic E-state index is 13.4. The van der Waals surface area contributed by atoms with Crippen molar-refractivity contribution in [2.75, 3.05) is 11.4 Å². The van der Waals surface area contributed by atoms with Crippen molar-refractivity contribution in [3.05, 3.63) is 88.3 Å². The van der Waals surface area contributed by atoms with Gasteiger partial charge in [-0.25, -0.2) is 9.67 Å². The highest BCUT2D eigenvalue weighted by Gasteiger charge is 2.23. The number of para-hydroxylation sites is 1. The summed E-state index contributed by atoms with van der Waals surface area (Å²) in [5, 5.41) is 4.94. The summed E-state index contributed by atoms with van der Waals surface area (Å²) in [6.07, 6.45) is 1.46. The highest BCUT2D eigenvalue weighted by atomic mass is 32.1. The molecular formula is C23H22N4O2S. The average Bonchev–Trinajstić information content (AvgIpc) is 3.20. The Balaban J connectivity index is 1.69. The normalized spacial score (nSPS) is 11.0. The average molecular weight is 419 g/mol. The Morgan fingerprint density at radius 1 is 1.03 bits per heavy atom. The molecule has 0 saturated heterocycles. The zero-order valence-electron chi connectivity index (χ0n) is 16.7. The van der Waals surface area contributed by atoms with E-state index in [0.717, 1.165) is 22.2 Å². The van der Waals surface area contributed by atoms with E-state index in [1.165, 1.54) is 28.2 Å². The molecule has 0 atom stereocenters. The van der Waals surface area contributed by atoms with Crippen LogP contribution >= 0.6 is 11.3 Å². The predicted octanol–water partition coefficient (Wildman–Crippen LogP) is 4.15. The van der Waals surface area contributed by atoms with Crippen LogP contribution in [0.4, 0.5) is 5.13 Å². The number of fused-ring (bicyclic) bond motifs is 1. The first kappa shape index (κ1) is 20.0. The van der Waals surface area contributed by atoms with E-state index in [0.29, 0.717) is 24.6 Å². The number of anilines is 1. The van der Waals surface area contributed by atoms with Crippen LogP contribution in [-0.2, 0) is 13.0 Å². The van der Waals surface area contributed by atoms with Crippen molar-refractivity contribution in [3.8, 4) is 0 Å². The fraction of sp³-hybridized carbons (Fsp3) is 0.217. The second-order valence-electron chi connectivity index (χ2n) is 6.94. The van der Waals surface area contributed by atoms with Crippen molar-refractivity contribution in [3.63, 3.8) is 0 Å². The summed E-state index contributed by atoms with van der Waals surface area (Å²) >= 11 is 1.48. The second kappa shape index (κ2) is 9.00. The van der Waals surface area contributed by atoms with Gasteiger partial charge in [-0.3, -0.25) is 14.5 Å². The smallest absolute Gasteiger partial charge is 0.280 e. The molecule has 2 aromatic carbocycles. The maximum Gasteiger partial charge on any atom is 0.280 e. The van der Waals surface area contributed by atoms with Gasteiger partial charge in [0, 0.05) is 19.2 Å². The van der Waals surface area contributed by atoms with Crippen LogP contribution in [0, 0.1) is 0 Å². The van der Waals surface area contributed by atoms with Crippen LogP contribution in [-0.4, -0.2) is 27.2 Å². The maximum absolute atomic E-state index is 13.4. The summed E-state index contributed by atoms with van der Waals surface area (Å²) in [5.41, 5.74) is 2.04. The summed E-state index contributed by atoms with van der Waals surface area (Å²) in [6.45, 7) is 2.91. The summed E-state index contributed by atoms with van der Waals surface area (Å²) in [7, 11) is 0. The number of hydrogen-bond donors (Lipinski definition) is 0. The number of benzene rings is 2. The SMILES string of the molecule is CCCn1nc(C(=O)N(CCc2ccccc2)c2nc3ccccc3s2)ccc1=O. The van der Waals surface area contributed by atoms with Gasteiger partial charge in [0.2, 0.25) is 0 Å². The lowest BCUT2D eigenvalue weighted by molar-refractivity contribution is 0.0980. The number of thiazole rings is 1. The number of carbonyl (C=O) groups is 1. The van der Waals surface area contributed by atoms with Gasteiger partial charge in [0.1, 0.15) is 5.69 Å². The molecule has 0 aliphatic carbocycles. The minimum atomic E-state index is -0.255. The fourth-order valence-electron chi connectivity index (χ4n) is 3.22.